The van der Waals surface area contributed by atoms with Crippen LogP contribution in [0.25, 0.3) is 0 Å². The van der Waals surface area contributed by atoms with Crippen molar-refractivity contribution in [1.82, 2.24) is 5.32 Å². The van der Waals surface area contributed by atoms with Gasteiger partial charge in [0.2, 0.25) is 0 Å². The molecule has 0 aliphatic carbocycles. The van der Waals surface area contributed by atoms with E-state index in [0.29, 0.717) is 23.8 Å². The number of alkyl halides is 3. The lowest BCUT2D eigenvalue weighted by molar-refractivity contribution is -0.274. The average Bonchev–Trinajstić information content (AvgIpc) is 2.52. The molecule has 0 fully saturated rings. The van der Waals surface area contributed by atoms with Crippen LogP contribution < -0.4 is 14.8 Å². The third-order valence-corrected chi connectivity index (χ3v) is 3.30. The largest absolute Gasteiger partial charge is 0.573 e. The molecule has 0 aromatic heterocycles. The number of halogens is 3. The Morgan fingerprint density at radius 2 is 1.64 bits per heavy atom. The van der Waals surface area contributed by atoms with Gasteiger partial charge < -0.3 is 14.8 Å². The van der Waals surface area contributed by atoms with Crippen molar-refractivity contribution in [3.05, 3.63) is 59.7 Å². The van der Waals surface area contributed by atoms with Gasteiger partial charge in [0, 0.05) is 12.6 Å². The highest BCUT2D eigenvalue weighted by atomic mass is 19.4. The Labute approximate surface area is 145 Å². The maximum Gasteiger partial charge on any atom is 0.573 e. The predicted octanol–water partition coefficient (Wildman–Crippen LogP) is 4.91. The average molecular weight is 353 g/mol. The second kappa shape index (κ2) is 8.76. The first-order valence-electron chi connectivity index (χ1n) is 8.09. The highest BCUT2D eigenvalue weighted by Gasteiger charge is 2.31. The van der Waals surface area contributed by atoms with Crippen LogP contribution in [0.3, 0.4) is 0 Å². The van der Waals surface area contributed by atoms with Crippen LogP contribution in [-0.2, 0) is 13.2 Å². The molecule has 1 N–H and O–H groups in total. The molecule has 0 saturated carbocycles. The van der Waals surface area contributed by atoms with Gasteiger partial charge in [0.25, 0.3) is 0 Å². The number of hydrogen-bond acceptors (Lipinski definition) is 3. The van der Waals surface area contributed by atoms with Gasteiger partial charge in [-0.3, -0.25) is 0 Å². The molecule has 0 spiro atoms. The van der Waals surface area contributed by atoms with Crippen molar-refractivity contribution in [1.29, 1.82) is 0 Å². The third kappa shape index (κ3) is 7.47. The van der Waals surface area contributed by atoms with Crippen LogP contribution in [0.2, 0.25) is 0 Å². The second-order valence-electron chi connectivity index (χ2n) is 6.16. The van der Waals surface area contributed by atoms with Crippen LogP contribution in [0, 0.1) is 5.92 Å². The normalized spacial score (nSPS) is 11.6. The van der Waals surface area contributed by atoms with E-state index >= 15 is 0 Å². The van der Waals surface area contributed by atoms with Crippen LogP contribution in [-0.4, -0.2) is 12.9 Å². The van der Waals surface area contributed by atoms with Gasteiger partial charge in [-0.15, -0.1) is 13.2 Å². The molecule has 0 saturated heterocycles. The zero-order chi connectivity index (χ0) is 18.3. The molecule has 0 bridgehead atoms. The van der Waals surface area contributed by atoms with Gasteiger partial charge in [-0.2, -0.15) is 0 Å². The smallest absolute Gasteiger partial charge is 0.489 e. The Balaban J connectivity index is 2.11. The number of ether oxygens (including phenoxy) is 2. The highest BCUT2D eigenvalue weighted by Crippen LogP contribution is 2.28. The van der Waals surface area contributed by atoms with Crippen molar-refractivity contribution in [2.75, 3.05) is 6.54 Å². The lowest BCUT2D eigenvalue weighted by atomic mass is 10.1. The predicted molar refractivity (Wildman–Crippen MR) is 90.4 cm³/mol. The van der Waals surface area contributed by atoms with E-state index in [1.165, 1.54) is 12.1 Å². The summed E-state index contributed by atoms with van der Waals surface area (Å²) in [5, 5.41) is 3.20. The first-order chi connectivity index (χ1) is 11.8. The van der Waals surface area contributed by atoms with Crippen molar-refractivity contribution >= 4 is 0 Å². The maximum absolute atomic E-state index is 12.5. The molecule has 2 rings (SSSR count). The van der Waals surface area contributed by atoms with Crippen molar-refractivity contribution < 1.29 is 22.6 Å². The van der Waals surface area contributed by atoms with Gasteiger partial charge in [-0.1, -0.05) is 44.2 Å². The molecule has 2 aromatic carbocycles. The van der Waals surface area contributed by atoms with E-state index < -0.39 is 6.36 Å². The Morgan fingerprint density at radius 1 is 0.960 bits per heavy atom. The van der Waals surface area contributed by atoms with Gasteiger partial charge in [-0.25, -0.2) is 0 Å². The van der Waals surface area contributed by atoms with E-state index in [4.69, 9.17) is 4.74 Å². The first kappa shape index (κ1) is 19.1. The molecule has 25 heavy (non-hydrogen) atoms. The summed E-state index contributed by atoms with van der Waals surface area (Å²) >= 11 is 0. The molecule has 0 heterocycles. The van der Waals surface area contributed by atoms with Gasteiger partial charge >= 0.3 is 6.36 Å². The number of rotatable bonds is 8. The Bertz CT molecular complexity index is 657. The van der Waals surface area contributed by atoms with E-state index in [-0.39, 0.29) is 12.4 Å². The minimum absolute atomic E-state index is 0.273. The minimum Gasteiger partial charge on any atom is -0.489 e. The van der Waals surface area contributed by atoms with Crippen LogP contribution in [0.1, 0.15) is 25.0 Å². The quantitative estimate of drug-likeness (QED) is 0.731. The molecule has 3 nitrogen and oxygen atoms in total. The van der Waals surface area contributed by atoms with Gasteiger partial charge in [0.05, 0.1) is 0 Å². The Kier molecular flexibility index (Phi) is 6.70. The van der Waals surface area contributed by atoms with Gasteiger partial charge in [-0.05, 0) is 35.7 Å². The zero-order valence-electron chi connectivity index (χ0n) is 14.3. The lowest BCUT2D eigenvalue weighted by Gasteiger charge is -2.14. The van der Waals surface area contributed by atoms with Crippen LogP contribution in [0.15, 0.2) is 48.5 Å². The summed E-state index contributed by atoms with van der Waals surface area (Å²) in [7, 11) is 0. The topological polar surface area (TPSA) is 30.5 Å². The molecule has 2 aromatic rings. The van der Waals surface area contributed by atoms with E-state index in [0.717, 1.165) is 12.1 Å². The zero-order valence-corrected chi connectivity index (χ0v) is 14.3. The van der Waals surface area contributed by atoms with Gasteiger partial charge in [0.1, 0.15) is 18.1 Å². The highest BCUT2D eigenvalue weighted by molar-refractivity contribution is 5.38. The number of hydrogen-bond donors (Lipinski definition) is 1. The van der Waals surface area contributed by atoms with Crippen LogP contribution in [0.4, 0.5) is 13.2 Å². The fourth-order valence-corrected chi connectivity index (χ4v) is 2.25. The summed E-state index contributed by atoms with van der Waals surface area (Å²) in [5.41, 5.74) is 1.61. The summed E-state index contributed by atoms with van der Waals surface area (Å²) in [6.07, 6.45) is -4.74. The fraction of sp³-hybridized carbons (Fsp3) is 0.368. The Morgan fingerprint density at radius 3 is 2.28 bits per heavy atom. The van der Waals surface area contributed by atoms with Crippen molar-refractivity contribution in [2.45, 2.75) is 33.4 Å². The van der Waals surface area contributed by atoms with Crippen LogP contribution >= 0.6 is 0 Å². The minimum atomic E-state index is -4.74. The third-order valence-electron chi connectivity index (χ3n) is 3.30. The summed E-state index contributed by atoms with van der Waals surface area (Å²) in [5.74, 6) is 0.509. The van der Waals surface area contributed by atoms with Crippen LogP contribution in [0.5, 0.6) is 11.5 Å². The summed E-state index contributed by atoms with van der Waals surface area (Å²) in [4.78, 5) is 0. The summed E-state index contributed by atoms with van der Waals surface area (Å²) in [6.45, 7) is 5.60. The molecule has 6 heteroatoms. The van der Waals surface area contributed by atoms with E-state index in [2.05, 4.69) is 23.9 Å². The monoisotopic (exact) mass is 353 g/mol. The van der Waals surface area contributed by atoms with E-state index in [1.807, 2.05) is 30.3 Å². The molecular weight excluding hydrogens is 331 g/mol. The molecule has 0 radical (unpaired) electrons. The second-order valence-corrected chi connectivity index (χ2v) is 6.16. The summed E-state index contributed by atoms with van der Waals surface area (Å²) < 4.78 is 47.3. The van der Waals surface area contributed by atoms with E-state index in [9.17, 15) is 13.2 Å². The fourth-order valence-electron chi connectivity index (χ4n) is 2.25. The molecule has 0 aliphatic heterocycles. The molecule has 0 aliphatic rings. The van der Waals surface area contributed by atoms with E-state index in [1.54, 1.807) is 6.07 Å². The van der Waals surface area contributed by atoms with Crippen molar-refractivity contribution in [2.24, 2.45) is 5.92 Å². The summed E-state index contributed by atoms with van der Waals surface area (Å²) in [6, 6.07) is 13.8. The SMILES string of the molecule is CC(C)CNCc1cc(OCc2ccccc2)cc(OC(F)(F)F)c1. The lowest BCUT2D eigenvalue weighted by Crippen LogP contribution is -2.20. The van der Waals surface area contributed by atoms with Gasteiger partial charge in [0.15, 0.2) is 0 Å². The number of nitrogens with one attached hydrogen (secondary N) is 1. The standard InChI is InChI=1S/C19H22F3NO2/c1-14(2)11-23-12-16-8-17(10-18(9-16)25-19(20,21)22)24-13-15-6-4-3-5-7-15/h3-10,14,23H,11-13H2,1-2H3. The maximum atomic E-state index is 12.5. The van der Waals surface area contributed by atoms with Crippen molar-refractivity contribution in [3.63, 3.8) is 0 Å². The molecule has 0 unspecified atom stereocenters. The van der Waals surface area contributed by atoms with Crippen molar-refractivity contribution in [3.8, 4) is 11.5 Å². The molecular formula is C19H22F3NO2. The molecule has 0 amide bonds. The molecule has 136 valence electrons. The first-order valence-corrected chi connectivity index (χ1v) is 8.09. The number of benzene rings is 2. The Hall–Kier alpha value is -2.21. The molecule has 0 atom stereocenters.